The lowest BCUT2D eigenvalue weighted by atomic mass is 9.95. The maximum Gasteiger partial charge on any atom is 0.126 e. The van der Waals surface area contributed by atoms with Crippen LogP contribution in [0.2, 0.25) is 10.0 Å². The van der Waals surface area contributed by atoms with Crippen LogP contribution in [0.3, 0.4) is 0 Å². The highest BCUT2D eigenvalue weighted by atomic mass is 35.5. The minimum absolute atomic E-state index is 0.178. The fraction of sp³-hybridized carbons (Fsp3) is 0.286. The summed E-state index contributed by atoms with van der Waals surface area (Å²) in [6.07, 6.45) is 2.44. The highest BCUT2D eigenvalue weighted by molar-refractivity contribution is 7.98. The Kier molecular flexibility index (Phi) is 4.95. The van der Waals surface area contributed by atoms with Crippen LogP contribution in [-0.2, 0) is 23.5 Å². The molecular formula is C21H17Cl2N3OS2. The minimum atomic E-state index is -0.178. The first kappa shape index (κ1) is 19.5. The van der Waals surface area contributed by atoms with E-state index in [-0.39, 0.29) is 5.60 Å². The van der Waals surface area contributed by atoms with Gasteiger partial charge < -0.3 is 4.74 Å². The Morgan fingerprint density at radius 2 is 2.07 bits per heavy atom. The average Bonchev–Trinajstić information content (AvgIpc) is 3.03. The van der Waals surface area contributed by atoms with Crippen LogP contribution >= 0.6 is 46.3 Å². The van der Waals surface area contributed by atoms with Crippen LogP contribution in [0.4, 0.5) is 0 Å². The van der Waals surface area contributed by atoms with Crippen LogP contribution < -0.4 is 0 Å². The predicted molar refractivity (Wildman–Crippen MR) is 121 cm³/mol. The van der Waals surface area contributed by atoms with Crippen molar-refractivity contribution in [3.63, 3.8) is 0 Å². The molecule has 4 heterocycles. The van der Waals surface area contributed by atoms with E-state index in [0.29, 0.717) is 22.4 Å². The van der Waals surface area contributed by atoms with Crippen LogP contribution in [0.5, 0.6) is 0 Å². The number of ether oxygens (including phenoxy) is 1. The molecule has 1 aliphatic rings. The van der Waals surface area contributed by atoms with Crippen molar-refractivity contribution in [3.8, 4) is 0 Å². The Labute approximate surface area is 186 Å². The number of pyridine rings is 1. The number of benzene rings is 1. The molecule has 0 unspecified atom stereocenters. The van der Waals surface area contributed by atoms with Gasteiger partial charge in [-0.2, -0.15) is 0 Å². The van der Waals surface area contributed by atoms with E-state index in [1.54, 1.807) is 35.5 Å². The summed E-state index contributed by atoms with van der Waals surface area (Å²) in [4.78, 5) is 15.0. The van der Waals surface area contributed by atoms with Crippen LogP contribution in [0.25, 0.3) is 20.4 Å². The molecule has 8 heteroatoms. The monoisotopic (exact) mass is 461 g/mol. The number of rotatable bonds is 3. The molecule has 1 aliphatic heterocycles. The second-order valence-electron chi connectivity index (χ2n) is 7.66. The zero-order valence-electron chi connectivity index (χ0n) is 15.8. The summed E-state index contributed by atoms with van der Waals surface area (Å²) in [7, 11) is 0. The third-order valence-electron chi connectivity index (χ3n) is 4.97. The van der Waals surface area contributed by atoms with Gasteiger partial charge in [-0.25, -0.2) is 15.0 Å². The van der Waals surface area contributed by atoms with Gasteiger partial charge in [-0.3, -0.25) is 0 Å². The Hall–Kier alpha value is -1.44. The number of thioether (sulfide) groups is 1. The van der Waals surface area contributed by atoms with Gasteiger partial charge in [-0.1, -0.05) is 29.3 Å². The summed E-state index contributed by atoms with van der Waals surface area (Å²) in [5, 5.41) is 3.32. The first-order chi connectivity index (χ1) is 13.9. The summed E-state index contributed by atoms with van der Waals surface area (Å²) in [5.74, 6) is 0.711. The third-order valence-corrected chi connectivity index (χ3v) is 7.82. The van der Waals surface area contributed by atoms with Gasteiger partial charge in [0.2, 0.25) is 0 Å². The van der Waals surface area contributed by atoms with E-state index < -0.39 is 0 Å². The molecule has 0 aliphatic carbocycles. The van der Waals surface area contributed by atoms with Crippen LogP contribution in [-0.4, -0.2) is 20.6 Å². The number of fused-ring (bicyclic) bond motifs is 4. The van der Waals surface area contributed by atoms with Crippen molar-refractivity contribution in [1.82, 2.24) is 15.0 Å². The molecular weight excluding hydrogens is 445 g/mol. The summed E-state index contributed by atoms with van der Waals surface area (Å²) >= 11 is 15.6. The van der Waals surface area contributed by atoms with Crippen molar-refractivity contribution in [3.05, 3.63) is 57.5 Å². The Bertz CT molecular complexity index is 1260. The van der Waals surface area contributed by atoms with Crippen molar-refractivity contribution in [2.24, 2.45) is 0 Å². The number of hydrogen-bond donors (Lipinski definition) is 0. The van der Waals surface area contributed by atoms with E-state index in [0.717, 1.165) is 48.7 Å². The molecule has 0 bridgehead atoms. The first-order valence-electron chi connectivity index (χ1n) is 9.16. The Morgan fingerprint density at radius 3 is 2.90 bits per heavy atom. The van der Waals surface area contributed by atoms with Gasteiger partial charge >= 0.3 is 0 Å². The van der Waals surface area contributed by atoms with E-state index in [2.05, 4.69) is 29.9 Å². The molecule has 4 aromatic rings. The fourth-order valence-corrected chi connectivity index (χ4v) is 6.22. The number of thiophene rings is 1. The topological polar surface area (TPSA) is 47.9 Å². The number of aromatic nitrogens is 3. The van der Waals surface area contributed by atoms with Gasteiger partial charge in [-0.05, 0) is 37.6 Å². The molecule has 148 valence electrons. The molecule has 0 spiro atoms. The lowest BCUT2D eigenvalue weighted by molar-refractivity contribution is -0.0411. The maximum absolute atomic E-state index is 6.32. The van der Waals surface area contributed by atoms with Crippen LogP contribution in [0.15, 0.2) is 35.6 Å². The molecule has 0 fully saturated rings. The molecule has 1 aromatic carbocycles. The Balaban J connectivity index is 1.53. The van der Waals surface area contributed by atoms with Gasteiger partial charge in [0, 0.05) is 33.2 Å². The zero-order valence-corrected chi connectivity index (χ0v) is 19.0. The van der Waals surface area contributed by atoms with Crippen molar-refractivity contribution in [2.45, 2.75) is 43.3 Å². The molecule has 0 N–H and O–H groups in total. The van der Waals surface area contributed by atoms with Gasteiger partial charge in [0.05, 0.1) is 28.1 Å². The maximum atomic E-state index is 6.32. The number of nitrogens with zero attached hydrogens (tertiary/aromatic N) is 3. The normalized spacial score (nSPS) is 15.7. The van der Waals surface area contributed by atoms with Gasteiger partial charge in [0.1, 0.15) is 16.2 Å². The van der Waals surface area contributed by atoms with E-state index in [9.17, 15) is 0 Å². The lowest BCUT2D eigenvalue weighted by Crippen LogP contribution is -2.32. The highest BCUT2D eigenvalue weighted by Crippen LogP contribution is 2.40. The molecule has 0 atom stereocenters. The van der Waals surface area contributed by atoms with Crippen molar-refractivity contribution in [1.29, 1.82) is 0 Å². The first-order valence-corrected chi connectivity index (χ1v) is 11.7. The Morgan fingerprint density at radius 1 is 1.21 bits per heavy atom. The molecule has 0 saturated carbocycles. The second-order valence-corrected chi connectivity index (χ2v) is 10.5. The predicted octanol–water partition coefficient (Wildman–Crippen LogP) is 6.69. The SMILES string of the molecule is CC1(C)Cc2nc3sc4c(SCc5ccc(Cl)cc5Cl)ncnc4c3cc2CO1. The molecule has 5 rings (SSSR count). The van der Waals surface area contributed by atoms with E-state index in [4.69, 9.17) is 32.9 Å². The summed E-state index contributed by atoms with van der Waals surface area (Å²) < 4.78 is 7.03. The average molecular weight is 462 g/mol. The van der Waals surface area contributed by atoms with Crippen molar-refractivity contribution in [2.75, 3.05) is 0 Å². The lowest BCUT2D eigenvalue weighted by Gasteiger charge is -2.30. The highest BCUT2D eigenvalue weighted by Gasteiger charge is 2.28. The summed E-state index contributed by atoms with van der Waals surface area (Å²) in [6.45, 7) is 4.80. The molecule has 0 amide bonds. The zero-order chi connectivity index (χ0) is 20.2. The van der Waals surface area contributed by atoms with Crippen LogP contribution in [0.1, 0.15) is 30.7 Å². The van der Waals surface area contributed by atoms with Gasteiger partial charge in [0.15, 0.2) is 0 Å². The molecule has 4 nitrogen and oxygen atoms in total. The van der Waals surface area contributed by atoms with E-state index >= 15 is 0 Å². The standard InChI is InChI=1S/C21H17Cl2N3OS2/c1-21(2)7-16-12(8-27-21)5-14-17-18(29-19(14)26-16)20(25-10-24-17)28-9-11-3-4-13(22)6-15(11)23/h3-6,10H,7-9H2,1-2H3. The van der Waals surface area contributed by atoms with Gasteiger partial charge in [-0.15, -0.1) is 23.1 Å². The number of hydrogen-bond acceptors (Lipinski definition) is 6. The molecule has 29 heavy (non-hydrogen) atoms. The van der Waals surface area contributed by atoms with E-state index in [1.165, 1.54) is 0 Å². The largest absolute Gasteiger partial charge is 0.370 e. The van der Waals surface area contributed by atoms with Crippen molar-refractivity contribution < 1.29 is 4.74 Å². The quantitative estimate of drug-likeness (QED) is 0.251. The number of halogens is 2. The summed E-state index contributed by atoms with van der Waals surface area (Å²) in [6, 6.07) is 7.77. The van der Waals surface area contributed by atoms with Crippen molar-refractivity contribution >= 4 is 66.7 Å². The molecule has 0 radical (unpaired) electrons. The minimum Gasteiger partial charge on any atom is -0.370 e. The van der Waals surface area contributed by atoms with Crippen LogP contribution in [0, 0.1) is 0 Å². The second kappa shape index (κ2) is 7.36. The molecule has 0 saturated heterocycles. The fourth-order valence-electron chi connectivity index (χ4n) is 3.45. The molecule has 3 aromatic heterocycles. The summed E-state index contributed by atoms with van der Waals surface area (Å²) in [5.41, 5.74) is 4.07. The smallest absolute Gasteiger partial charge is 0.126 e. The van der Waals surface area contributed by atoms with E-state index in [1.807, 2.05) is 12.1 Å². The third kappa shape index (κ3) is 3.73. The van der Waals surface area contributed by atoms with Gasteiger partial charge in [0.25, 0.3) is 0 Å².